The second kappa shape index (κ2) is 9.22. The quantitative estimate of drug-likeness (QED) is 0.705. The second-order valence-corrected chi connectivity index (χ2v) is 9.81. The number of carbonyl (C=O) groups excluding carboxylic acids is 2. The van der Waals surface area contributed by atoms with Crippen LogP contribution in [0.3, 0.4) is 0 Å². The molecule has 31 heavy (non-hydrogen) atoms. The predicted molar refractivity (Wildman–Crippen MR) is 121 cm³/mol. The van der Waals surface area contributed by atoms with Crippen LogP contribution in [0.25, 0.3) is 10.7 Å². The van der Waals surface area contributed by atoms with Crippen molar-refractivity contribution in [1.82, 2.24) is 24.6 Å². The standard InChI is InChI=1S/C21H29N5O3S2/c1-13-11-25(12-14(2)29-13)20(28)16-6-8-24(9-7-16)19(27)15(3)26-18(22-23-21(26)30)17-5-4-10-31-17/h4-5,10,13-16H,6-9,11-12H2,1-3H3,(H,23,30). The number of aromatic amines is 1. The van der Waals surface area contributed by atoms with Gasteiger partial charge in [0.05, 0.1) is 17.1 Å². The molecule has 0 radical (unpaired) electrons. The Bertz CT molecular complexity index is 968. The van der Waals surface area contributed by atoms with E-state index in [-0.39, 0.29) is 29.9 Å². The minimum absolute atomic E-state index is 0.00909. The number of carbonyl (C=O) groups is 2. The molecule has 1 N–H and O–H groups in total. The Morgan fingerprint density at radius 2 is 1.90 bits per heavy atom. The first-order chi connectivity index (χ1) is 14.8. The number of morpholine rings is 1. The molecule has 3 unspecified atom stereocenters. The monoisotopic (exact) mass is 463 g/mol. The number of hydrogen-bond donors (Lipinski definition) is 1. The first-order valence-corrected chi connectivity index (χ1v) is 12.1. The lowest BCUT2D eigenvalue weighted by molar-refractivity contribution is -0.150. The third kappa shape index (κ3) is 4.61. The van der Waals surface area contributed by atoms with Crippen molar-refractivity contribution in [3.8, 4) is 10.7 Å². The Kier molecular flexibility index (Phi) is 6.59. The molecule has 4 rings (SSSR count). The molecule has 0 saturated carbocycles. The van der Waals surface area contributed by atoms with Gasteiger partial charge in [-0.2, -0.15) is 5.10 Å². The van der Waals surface area contributed by atoms with Crippen LogP contribution in [0.2, 0.25) is 0 Å². The van der Waals surface area contributed by atoms with Crippen LogP contribution in [0, 0.1) is 10.7 Å². The normalized spacial score (nSPS) is 23.7. The minimum atomic E-state index is -0.462. The number of amides is 2. The highest BCUT2D eigenvalue weighted by molar-refractivity contribution is 7.71. The molecule has 2 fully saturated rings. The number of likely N-dealkylation sites (tertiary alicyclic amines) is 1. The first-order valence-electron chi connectivity index (χ1n) is 10.8. The summed E-state index contributed by atoms with van der Waals surface area (Å²) >= 11 is 6.97. The van der Waals surface area contributed by atoms with Crippen LogP contribution in [0.5, 0.6) is 0 Å². The third-order valence-corrected chi connectivity index (χ3v) is 7.23. The molecule has 2 amide bonds. The van der Waals surface area contributed by atoms with E-state index in [4.69, 9.17) is 17.0 Å². The average molecular weight is 464 g/mol. The number of thiophene rings is 1. The number of aromatic nitrogens is 3. The summed E-state index contributed by atoms with van der Waals surface area (Å²) in [5.74, 6) is 0.852. The Labute approximate surface area is 191 Å². The van der Waals surface area contributed by atoms with E-state index < -0.39 is 6.04 Å². The first kappa shape index (κ1) is 22.2. The number of nitrogens with zero attached hydrogens (tertiary/aromatic N) is 4. The molecule has 168 valence electrons. The molecular formula is C21H29N5O3S2. The fourth-order valence-electron chi connectivity index (χ4n) is 4.58. The van der Waals surface area contributed by atoms with Gasteiger partial charge in [0.1, 0.15) is 6.04 Å². The van der Waals surface area contributed by atoms with E-state index in [0.717, 1.165) is 4.88 Å². The number of hydrogen-bond acceptors (Lipinski definition) is 6. The zero-order chi connectivity index (χ0) is 22.1. The Morgan fingerprint density at radius 1 is 1.23 bits per heavy atom. The highest BCUT2D eigenvalue weighted by atomic mass is 32.1. The van der Waals surface area contributed by atoms with Gasteiger partial charge in [-0.1, -0.05) is 6.07 Å². The smallest absolute Gasteiger partial charge is 0.245 e. The summed E-state index contributed by atoms with van der Waals surface area (Å²) in [7, 11) is 0. The molecule has 2 aromatic rings. The molecule has 10 heteroatoms. The SMILES string of the molecule is CC1CN(C(=O)C2CCN(C(=O)C(C)n3c(-c4cccs4)n[nH]c3=S)CC2)CC(C)O1. The molecule has 0 aromatic carbocycles. The van der Waals surface area contributed by atoms with Crippen molar-refractivity contribution in [1.29, 1.82) is 0 Å². The van der Waals surface area contributed by atoms with Gasteiger partial charge in [0.25, 0.3) is 0 Å². The van der Waals surface area contributed by atoms with Crippen molar-refractivity contribution in [3.63, 3.8) is 0 Å². The summed E-state index contributed by atoms with van der Waals surface area (Å²) in [6, 6.07) is 3.46. The summed E-state index contributed by atoms with van der Waals surface area (Å²) in [6.07, 6.45) is 1.50. The molecule has 0 spiro atoms. The maximum absolute atomic E-state index is 13.2. The zero-order valence-electron chi connectivity index (χ0n) is 18.1. The fraction of sp³-hybridized carbons (Fsp3) is 0.619. The lowest BCUT2D eigenvalue weighted by atomic mass is 9.94. The van der Waals surface area contributed by atoms with Crippen molar-refractivity contribution in [2.24, 2.45) is 5.92 Å². The van der Waals surface area contributed by atoms with Crippen LogP contribution in [0.4, 0.5) is 0 Å². The number of piperidine rings is 1. The molecule has 0 aliphatic carbocycles. The molecule has 4 heterocycles. The maximum atomic E-state index is 13.2. The van der Waals surface area contributed by atoms with Crippen LogP contribution in [-0.2, 0) is 14.3 Å². The van der Waals surface area contributed by atoms with Gasteiger partial charge in [-0.05, 0) is 57.3 Å². The number of rotatable bonds is 4. The largest absolute Gasteiger partial charge is 0.372 e. The maximum Gasteiger partial charge on any atom is 0.245 e. The van der Waals surface area contributed by atoms with Gasteiger partial charge in [-0.15, -0.1) is 11.3 Å². The van der Waals surface area contributed by atoms with E-state index in [2.05, 4.69) is 10.2 Å². The van der Waals surface area contributed by atoms with Gasteiger partial charge in [-0.3, -0.25) is 19.3 Å². The van der Waals surface area contributed by atoms with Gasteiger partial charge in [0.2, 0.25) is 11.8 Å². The van der Waals surface area contributed by atoms with Gasteiger partial charge in [-0.25, -0.2) is 0 Å². The molecule has 2 aromatic heterocycles. The van der Waals surface area contributed by atoms with Crippen LogP contribution >= 0.6 is 23.6 Å². The lowest BCUT2D eigenvalue weighted by Gasteiger charge is -2.39. The van der Waals surface area contributed by atoms with Gasteiger partial charge in [0, 0.05) is 32.1 Å². The Balaban J connectivity index is 1.39. The number of ether oxygens (including phenoxy) is 1. The third-order valence-electron chi connectivity index (χ3n) is 6.08. The highest BCUT2D eigenvalue weighted by Gasteiger charge is 2.35. The summed E-state index contributed by atoms with van der Waals surface area (Å²) < 4.78 is 7.97. The summed E-state index contributed by atoms with van der Waals surface area (Å²) in [5.41, 5.74) is 0. The van der Waals surface area contributed by atoms with Crippen LogP contribution in [-0.4, -0.2) is 74.8 Å². The van der Waals surface area contributed by atoms with Crippen LogP contribution in [0.15, 0.2) is 17.5 Å². The zero-order valence-corrected chi connectivity index (χ0v) is 19.7. The van der Waals surface area contributed by atoms with E-state index in [9.17, 15) is 9.59 Å². The van der Waals surface area contributed by atoms with Crippen molar-refractivity contribution >= 4 is 35.4 Å². The summed E-state index contributed by atoms with van der Waals surface area (Å²) in [4.78, 5) is 31.0. The topological polar surface area (TPSA) is 83.5 Å². The lowest BCUT2D eigenvalue weighted by Crippen LogP contribution is -2.52. The molecule has 0 bridgehead atoms. The van der Waals surface area contributed by atoms with E-state index >= 15 is 0 Å². The van der Waals surface area contributed by atoms with Crippen molar-refractivity contribution < 1.29 is 14.3 Å². The number of nitrogens with one attached hydrogen (secondary N) is 1. The van der Waals surface area contributed by atoms with E-state index in [0.29, 0.717) is 49.6 Å². The van der Waals surface area contributed by atoms with Gasteiger partial charge >= 0.3 is 0 Å². The summed E-state index contributed by atoms with van der Waals surface area (Å²) in [6.45, 7) is 8.31. The van der Waals surface area contributed by atoms with Crippen LogP contribution in [0.1, 0.15) is 39.7 Å². The second-order valence-electron chi connectivity index (χ2n) is 8.48. The molecule has 2 saturated heterocycles. The highest BCUT2D eigenvalue weighted by Crippen LogP contribution is 2.28. The molecule has 3 atom stereocenters. The van der Waals surface area contributed by atoms with Crippen molar-refractivity contribution in [2.75, 3.05) is 26.2 Å². The van der Waals surface area contributed by atoms with E-state index in [1.54, 1.807) is 15.9 Å². The van der Waals surface area contributed by atoms with E-state index in [1.165, 1.54) is 0 Å². The summed E-state index contributed by atoms with van der Waals surface area (Å²) in [5, 5.41) is 9.13. The van der Waals surface area contributed by atoms with Gasteiger partial charge < -0.3 is 14.5 Å². The fourth-order valence-corrected chi connectivity index (χ4v) is 5.58. The molecular weight excluding hydrogens is 434 g/mol. The number of H-pyrrole nitrogens is 1. The van der Waals surface area contributed by atoms with Crippen molar-refractivity contribution in [2.45, 2.75) is 51.9 Å². The van der Waals surface area contributed by atoms with Gasteiger partial charge in [0.15, 0.2) is 10.6 Å². The average Bonchev–Trinajstić information content (AvgIpc) is 3.41. The Hall–Kier alpha value is -2.04. The Morgan fingerprint density at radius 3 is 2.52 bits per heavy atom. The van der Waals surface area contributed by atoms with Crippen LogP contribution < -0.4 is 0 Å². The predicted octanol–water partition coefficient (Wildman–Crippen LogP) is 3.10. The molecule has 2 aliphatic rings. The van der Waals surface area contributed by atoms with E-state index in [1.807, 2.05) is 48.1 Å². The molecule has 2 aliphatic heterocycles. The minimum Gasteiger partial charge on any atom is -0.372 e. The van der Waals surface area contributed by atoms with Crippen molar-refractivity contribution in [3.05, 3.63) is 22.3 Å². The molecule has 8 nitrogen and oxygen atoms in total.